The Morgan fingerprint density at radius 3 is 1.49 bits per heavy atom. The third-order valence-corrected chi connectivity index (χ3v) is 15.8. The van der Waals surface area contributed by atoms with Crippen LogP contribution in [-0.2, 0) is 56.0 Å². The smallest absolute Gasteiger partial charge is 0.246 e. The number of carbonyl (C=O) groups excluding carboxylic acids is 9. The number of nitrogens with zero attached hydrogens (tertiary/aromatic N) is 2. The number of amides is 9. The number of H-pyrrole nitrogens is 1. The Hall–Kier alpha value is -6.79. The van der Waals surface area contributed by atoms with E-state index in [1.165, 1.54) is 9.80 Å². The first-order valence-corrected chi connectivity index (χ1v) is 28.4. The van der Waals surface area contributed by atoms with Crippen LogP contribution < -0.4 is 37.2 Å². The summed E-state index contributed by atoms with van der Waals surface area (Å²) in [6.07, 6.45) is 4.68. The van der Waals surface area contributed by atoms with E-state index in [0.717, 1.165) is 16.5 Å². The number of hydrogen-bond acceptors (Lipinski definition) is 9. The summed E-state index contributed by atoms with van der Waals surface area (Å²) >= 11 is 0. The van der Waals surface area contributed by atoms with E-state index in [4.69, 9.17) is 0 Å². The molecule has 19 heteroatoms. The van der Waals surface area contributed by atoms with Crippen molar-refractivity contribution in [3.05, 3.63) is 71.9 Å². The summed E-state index contributed by atoms with van der Waals surface area (Å²) in [5.41, 5.74) is 2.23. The predicted molar refractivity (Wildman–Crippen MR) is 298 cm³/mol. The van der Waals surface area contributed by atoms with Crippen LogP contribution in [0.2, 0.25) is 0 Å². The average Bonchev–Trinajstić information content (AvgIpc) is 4.22. The highest BCUT2D eigenvalue weighted by atomic mass is 16.2. The lowest BCUT2D eigenvalue weighted by molar-refractivity contribution is -0.148. The van der Waals surface area contributed by atoms with Gasteiger partial charge in [-0.25, -0.2) is 0 Å². The molecule has 0 spiro atoms. The second kappa shape index (κ2) is 27.7. The lowest BCUT2D eigenvalue weighted by Gasteiger charge is -2.35. The molecular weight excluding hydrogens is 993 g/mol. The molecule has 4 heterocycles. The Balaban J connectivity index is 1.44. The second-order valence-electron chi connectivity index (χ2n) is 23.1. The van der Waals surface area contributed by atoms with Gasteiger partial charge in [0, 0.05) is 43.0 Å². The normalized spacial score (nSPS) is 26.8. The first kappa shape index (κ1) is 60.4. The topological polar surface area (TPSA) is 260 Å². The SMILES string of the molecule is CC[C@H](C)[C@@H]1NC(=O)[C@H](CC(C)C)NC(=O)[C@H](Cc2c[nH]c3ccccc23)NC(=O)[C@H](Cc2ccccc2)NC(=O)[C@@H]2CCCN2C(=O)[C@@H]2CCCN2C(=O)[C@H](C(C)C)NC(=O)[C@H](CC(C)C)NC(=O)[C@H]([C@@H](C)CC)NC1=O. The molecule has 3 fully saturated rings. The van der Waals surface area contributed by atoms with Gasteiger partial charge in [-0.1, -0.05) is 131 Å². The van der Waals surface area contributed by atoms with Gasteiger partial charge in [0.15, 0.2) is 0 Å². The van der Waals surface area contributed by atoms with E-state index < -0.39 is 125 Å². The molecule has 9 amide bonds. The fourth-order valence-corrected chi connectivity index (χ4v) is 10.9. The maximum Gasteiger partial charge on any atom is 0.246 e. The first-order valence-electron chi connectivity index (χ1n) is 28.4. The van der Waals surface area contributed by atoms with Gasteiger partial charge in [0.1, 0.15) is 54.4 Å². The fourth-order valence-electron chi connectivity index (χ4n) is 10.9. The van der Waals surface area contributed by atoms with Crippen LogP contribution in [0.3, 0.4) is 0 Å². The maximum atomic E-state index is 14.9. The van der Waals surface area contributed by atoms with Crippen LogP contribution in [0.15, 0.2) is 60.8 Å². The number of carbonyl (C=O) groups is 9. The summed E-state index contributed by atoms with van der Waals surface area (Å²) < 4.78 is 0. The molecule has 78 heavy (non-hydrogen) atoms. The van der Waals surface area contributed by atoms with Crippen molar-refractivity contribution < 1.29 is 43.2 Å². The number of para-hydroxylation sites is 1. The number of hydrogen-bond donors (Lipinski definition) is 8. The molecular formula is C59H86N10O9. The summed E-state index contributed by atoms with van der Waals surface area (Å²) in [6.45, 7) is 19.0. The van der Waals surface area contributed by atoms with Crippen molar-refractivity contribution in [3.63, 3.8) is 0 Å². The van der Waals surface area contributed by atoms with Crippen LogP contribution >= 0.6 is 0 Å². The van der Waals surface area contributed by atoms with Crippen molar-refractivity contribution in [2.24, 2.45) is 29.6 Å². The highest BCUT2D eigenvalue weighted by molar-refractivity contribution is 6.00. The van der Waals surface area contributed by atoms with Gasteiger partial charge in [0.25, 0.3) is 0 Å². The largest absolute Gasteiger partial charge is 0.361 e. The van der Waals surface area contributed by atoms with E-state index in [-0.39, 0.29) is 50.6 Å². The monoisotopic (exact) mass is 1080 g/mol. The van der Waals surface area contributed by atoms with Gasteiger partial charge in [-0.15, -0.1) is 0 Å². The molecule has 8 N–H and O–H groups in total. The van der Waals surface area contributed by atoms with E-state index in [2.05, 4.69) is 42.2 Å². The number of fused-ring (bicyclic) bond motifs is 3. The van der Waals surface area contributed by atoms with Crippen molar-refractivity contribution >= 4 is 64.1 Å². The van der Waals surface area contributed by atoms with Crippen molar-refractivity contribution in [1.29, 1.82) is 0 Å². The molecule has 0 bridgehead atoms. The molecule has 11 atom stereocenters. The molecule has 0 aliphatic carbocycles. The molecule has 0 saturated carbocycles. The minimum absolute atomic E-state index is 0.0150. The predicted octanol–water partition coefficient (Wildman–Crippen LogP) is 4.18. The van der Waals surface area contributed by atoms with Crippen LogP contribution in [0.5, 0.6) is 0 Å². The van der Waals surface area contributed by atoms with Crippen molar-refractivity contribution in [2.45, 2.75) is 188 Å². The Labute approximate surface area is 460 Å². The van der Waals surface area contributed by atoms with E-state index in [9.17, 15) is 43.2 Å². The van der Waals surface area contributed by atoms with Crippen LogP contribution in [0.25, 0.3) is 10.9 Å². The Kier molecular flexibility index (Phi) is 21.5. The fraction of sp³-hybridized carbons (Fsp3) is 0.610. The Bertz CT molecular complexity index is 2600. The van der Waals surface area contributed by atoms with E-state index in [1.807, 2.05) is 96.1 Å². The molecule has 3 aliphatic rings. The molecule has 1 aromatic heterocycles. The Morgan fingerprint density at radius 1 is 0.474 bits per heavy atom. The van der Waals surface area contributed by atoms with E-state index >= 15 is 0 Å². The van der Waals surface area contributed by atoms with E-state index in [1.54, 1.807) is 33.9 Å². The van der Waals surface area contributed by atoms with Gasteiger partial charge in [0.2, 0.25) is 53.2 Å². The summed E-state index contributed by atoms with van der Waals surface area (Å²) in [5.74, 6) is -6.84. The Morgan fingerprint density at radius 2 is 0.923 bits per heavy atom. The molecule has 6 rings (SSSR count). The van der Waals surface area contributed by atoms with Gasteiger partial charge in [-0.2, -0.15) is 0 Å². The molecule has 0 unspecified atom stereocenters. The molecule has 0 radical (unpaired) electrons. The third-order valence-electron chi connectivity index (χ3n) is 15.8. The molecule has 3 saturated heterocycles. The van der Waals surface area contributed by atoms with Crippen LogP contribution in [0.4, 0.5) is 0 Å². The number of nitrogens with one attached hydrogen (secondary N) is 8. The number of aromatic amines is 1. The van der Waals surface area contributed by atoms with Crippen LogP contribution in [0, 0.1) is 29.6 Å². The number of benzene rings is 2. The zero-order valence-corrected chi connectivity index (χ0v) is 47.4. The molecule has 426 valence electrons. The summed E-state index contributed by atoms with van der Waals surface area (Å²) in [4.78, 5) is 138. The second-order valence-corrected chi connectivity index (χ2v) is 23.1. The van der Waals surface area contributed by atoms with Gasteiger partial charge >= 0.3 is 0 Å². The minimum Gasteiger partial charge on any atom is -0.361 e. The quantitative estimate of drug-likeness (QED) is 0.122. The summed E-state index contributed by atoms with van der Waals surface area (Å²) in [7, 11) is 0. The average molecular weight is 1080 g/mol. The minimum atomic E-state index is -1.29. The standard InChI is InChI=1S/C59H86N10O9/c1-11-36(9)49-56(75)64-43(29-34(5)6)53(72)65-48(35(7)8)59(78)69-27-19-25-47(69)58(77)68-26-18-24-46(68)55(74)63-44(30-38-20-14-13-15-21-38)51(70)62-45(31-39-32-60-41-23-17-16-22-40(39)41)52(71)61-42(28-33(3)4)54(73)66-50(37(10)12-2)57(76)67-49/h13-17,20-23,32-37,42-50,60H,11-12,18-19,24-31H2,1-10H3,(H,61,71)(H,62,70)(H,63,74)(H,64,75)(H,65,72)(H,66,73)(H,67,76)/t36-,37-,42-,43-,44-,45-,46-,47-,48-,49-,50-/m0/s1. The number of aromatic nitrogens is 1. The molecule has 3 aromatic rings. The lowest BCUT2D eigenvalue weighted by atomic mass is 9.93. The highest BCUT2D eigenvalue weighted by Crippen LogP contribution is 2.28. The first-order chi connectivity index (χ1) is 37.1. The molecule has 3 aliphatic heterocycles. The van der Waals surface area contributed by atoms with Crippen LogP contribution in [0.1, 0.15) is 132 Å². The molecule has 2 aromatic carbocycles. The number of rotatable bonds is 13. The van der Waals surface area contributed by atoms with Crippen molar-refractivity contribution in [3.8, 4) is 0 Å². The van der Waals surface area contributed by atoms with Gasteiger partial charge in [0.05, 0.1) is 0 Å². The van der Waals surface area contributed by atoms with Crippen LogP contribution in [-0.4, -0.2) is 135 Å². The van der Waals surface area contributed by atoms with Gasteiger partial charge < -0.3 is 52.0 Å². The van der Waals surface area contributed by atoms with Crippen molar-refractivity contribution in [2.75, 3.05) is 13.1 Å². The summed E-state index contributed by atoms with van der Waals surface area (Å²) in [6, 6.07) is 6.51. The van der Waals surface area contributed by atoms with Gasteiger partial charge in [-0.05, 0) is 85.3 Å². The maximum absolute atomic E-state index is 14.9. The van der Waals surface area contributed by atoms with E-state index in [0.29, 0.717) is 44.1 Å². The molecule has 19 nitrogen and oxygen atoms in total. The highest BCUT2D eigenvalue weighted by Gasteiger charge is 2.45. The zero-order chi connectivity index (χ0) is 57.0. The van der Waals surface area contributed by atoms with Gasteiger partial charge in [-0.3, -0.25) is 43.2 Å². The third kappa shape index (κ3) is 15.3. The zero-order valence-electron chi connectivity index (χ0n) is 47.4. The lowest BCUT2D eigenvalue weighted by Crippen LogP contribution is -2.62. The summed E-state index contributed by atoms with van der Waals surface area (Å²) in [5, 5.41) is 21.3. The van der Waals surface area contributed by atoms with Crippen molar-refractivity contribution in [1.82, 2.24) is 52.0 Å².